The molecular weight excluding hydrogens is 236 g/mol. The van der Waals surface area contributed by atoms with Crippen LogP contribution in [0.5, 0.6) is 0 Å². The lowest BCUT2D eigenvalue weighted by atomic mass is 9.71. The Morgan fingerprint density at radius 3 is 2.33 bits per heavy atom. The maximum absolute atomic E-state index is 12.3. The monoisotopic (exact) mass is 264 g/mol. The molecule has 0 aromatic rings. The number of Topliss-reactive ketones (excluding diaryl/α,β-unsaturated/α-hetero) is 1. The Bertz CT molecular complexity index is 351. The van der Waals surface area contributed by atoms with Crippen molar-refractivity contribution in [3.63, 3.8) is 0 Å². The van der Waals surface area contributed by atoms with Gasteiger partial charge in [0.05, 0.1) is 5.41 Å². The first-order chi connectivity index (χ1) is 8.43. The molecule has 0 unspecified atom stereocenters. The van der Waals surface area contributed by atoms with E-state index in [0.717, 1.165) is 19.3 Å². The molecular formula is C16H28OSi. The highest BCUT2D eigenvalue weighted by Crippen LogP contribution is 2.35. The predicted octanol–water partition coefficient (Wildman–Crippen LogP) is 4.43. The second kappa shape index (κ2) is 6.06. The second-order valence-corrected chi connectivity index (χ2v) is 11.0. The molecule has 0 radical (unpaired) electrons. The average Bonchev–Trinajstić information content (AvgIpc) is 2.38. The van der Waals surface area contributed by atoms with Crippen LogP contribution in [0.1, 0.15) is 53.9 Å². The van der Waals surface area contributed by atoms with E-state index in [1.54, 1.807) is 0 Å². The largest absolute Gasteiger partial charge is 0.298 e. The van der Waals surface area contributed by atoms with Gasteiger partial charge in [0.25, 0.3) is 0 Å². The number of hydrogen-bond donors (Lipinski definition) is 0. The highest BCUT2D eigenvalue weighted by atomic mass is 28.3. The summed E-state index contributed by atoms with van der Waals surface area (Å²) in [5.74, 6) is 4.02. The zero-order chi connectivity index (χ0) is 13.8. The summed E-state index contributed by atoms with van der Waals surface area (Å²) in [6.45, 7) is 10.9. The van der Waals surface area contributed by atoms with Crippen LogP contribution in [-0.2, 0) is 4.79 Å². The van der Waals surface area contributed by atoms with Crippen molar-refractivity contribution in [1.29, 1.82) is 0 Å². The zero-order valence-corrected chi connectivity index (χ0v) is 13.7. The van der Waals surface area contributed by atoms with E-state index >= 15 is 0 Å². The number of rotatable bonds is 3. The Kier molecular flexibility index (Phi) is 5.22. The van der Waals surface area contributed by atoms with E-state index in [0.29, 0.717) is 5.78 Å². The zero-order valence-electron chi connectivity index (χ0n) is 12.7. The lowest BCUT2D eigenvalue weighted by Crippen LogP contribution is -2.37. The molecule has 2 heteroatoms. The second-order valence-electron chi connectivity index (χ2n) is 6.08. The Morgan fingerprint density at radius 2 is 1.83 bits per heavy atom. The van der Waals surface area contributed by atoms with E-state index in [1.165, 1.54) is 18.1 Å². The Morgan fingerprint density at radius 1 is 1.28 bits per heavy atom. The van der Waals surface area contributed by atoms with Gasteiger partial charge < -0.3 is 0 Å². The summed E-state index contributed by atoms with van der Waals surface area (Å²) < 4.78 is 0. The molecule has 1 rings (SSSR count). The molecule has 0 aliphatic heterocycles. The minimum Gasteiger partial charge on any atom is -0.298 e. The van der Waals surface area contributed by atoms with Gasteiger partial charge in [-0.05, 0) is 37.9 Å². The van der Waals surface area contributed by atoms with Crippen molar-refractivity contribution >= 4 is 13.9 Å². The van der Waals surface area contributed by atoms with Gasteiger partial charge in [-0.1, -0.05) is 40.0 Å². The van der Waals surface area contributed by atoms with Crippen molar-refractivity contribution < 1.29 is 4.79 Å². The molecule has 102 valence electrons. The van der Waals surface area contributed by atoms with Crippen molar-refractivity contribution in [1.82, 2.24) is 0 Å². The molecule has 0 aromatic heterocycles. The summed E-state index contributed by atoms with van der Waals surface area (Å²) in [6.07, 6.45) is 3.16. The summed E-state index contributed by atoms with van der Waals surface area (Å²) in [4.78, 5) is 12.3. The third-order valence-corrected chi connectivity index (χ3v) is 9.66. The SMILES string of the molecule is CC[Si](C#C[C@@]1(C)CCC[C@@H](C)C1=O)(CC)CC. The average molecular weight is 264 g/mol. The normalized spacial score (nSPS) is 28.7. The molecule has 1 aliphatic rings. The van der Waals surface area contributed by atoms with Gasteiger partial charge in [-0.3, -0.25) is 4.79 Å². The van der Waals surface area contributed by atoms with Crippen LogP contribution in [0.15, 0.2) is 0 Å². The van der Waals surface area contributed by atoms with Crippen molar-refractivity contribution in [3.05, 3.63) is 0 Å². The van der Waals surface area contributed by atoms with E-state index in [-0.39, 0.29) is 11.3 Å². The smallest absolute Gasteiger partial charge is 0.153 e. The summed E-state index contributed by atoms with van der Waals surface area (Å²) in [5, 5.41) is 0. The molecule has 0 aromatic carbocycles. The van der Waals surface area contributed by atoms with Gasteiger partial charge in [-0.15, -0.1) is 5.54 Å². The van der Waals surface area contributed by atoms with Crippen molar-refractivity contribution in [3.8, 4) is 11.5 Å². The summed E-state index contributed by atoms with van der Waals surface area (Å²) >= 11 is 0. The minimum atomic E-state index is -1.41. The summed E-state index contributed by atoms with van der Waals surface area (Å²) in [5.41, 5.74) is 3.26. The molecule has 1 nitrogen and oxygen atoms in total. The maximum atomic E-state index is 12.3. The third kappa shape index (κ3) is 3.06. The Labute approximate surface area is 114 Å². The van der Waals surface area contributed by atoms with Crippen LogP contribution in [0.2, 0.25) is 18.1 Å². The van der Waals surface area contributed by atoms with Crippen LogP contribution in [0, 0.1) is 22.8 Å². The Hall–Kier alpha value is -0.553. The molecule has 1 aliphatic carbocycles. The quantitative estimate of drug-likeness (QED) is 0.544. The topological polar surface area (TPSA) is 17.1 Å². The van der Waals surface area contributed by atoms with Crippen LogP contribution >= 0.6 is 0 Å². The molecule has 0 heterocycles. The standard InChI is InChI=1S/C16H28OSi/c1-6-18(7-2,8-3)13-12-16(5)11-9-10-14(4)15(16)17/h14H,6-11H2,1-5H3/t14-,16-/m1/s1. The molecule has 0 amide bonds. The van der Waals surface area contributed by atoms with Crippen LogP contribution in [0.4, 0.5) is 0 Å². The third-order valence-electron chi connectivity index (χ3n) is 4.94. The Balaban J connectivity index is 2.98. The van der Waals surface area contributed by atoms with E-state index < -0.39 is 8.07 Å². The molecule has 0 N–H and O–H groups in total. The number of carbonyl (C=O) groups is 1. The van der Waals surface area contributed by atoms with Gasteiger partial charge in [0.2, 0.25) is 0 Å². The highest BCUT2D eigenvalue weighted by molar-refractivity contribution is 6.87. The predicted molar refractivity (Wildman–Crippen MR) is 81.1 cm³/mol. The van der Waals surface area contributed by atoms with Crippen LogP contribution < -0.4 is 0 Å². The fourth-order valence-corrected chi connectivity index (χ4v) is 5.54. The van der Waals surface area contributed by atoms with E-state index in [1.807, 2.05) is 0 Å². The molecule has 1 saturated carbocycles. The lowest BCUT2D eigenvalue weighted by molar-refractivity contribution is -0.131. The number of ketones is 1. The number of hydrogen-bond acceptors (Lipinski definition) is 1. The molecule has 0 saturated heterocycles. The molecule has 18 heavy (non-hydrogen) atoms. The first-order valence-corrected chi connectivity index (χ1v) is 10.1. The summed E-state index contributed by atoms with van der Waals surface area (Å²) in [6, 6.07) is 3.65. The van der Waals surface area contributed by atoms with E-state index in [2.05, 4.69) is 46.1 Å². The van der Waals surface area contributed by atoms with Gasteiger partial charge in [0, 0.05) is 5.92 Å². The molecule has 1 fully saturated rings. The van der Waals surface area contributed by atoms with Crippen molar-refractivity contribution in [2.24, 2.45) is 11.3 Å². The van der Waals surface area contributed by atoms with Gasteiger partial charge >= 0.3 is 0 Å². The van der Waals surface area contributed by atoms with Gasteiger partial charge in [-0.25, -0.2) is 0 Å². The lowest BCUT2D eigenvalue weighted by Gasteiger charge is -2.31. The van der Waals surface area contributed by atoms with Crippen LogP contribution in [-0.4, -0.2) is 13.9 Å². The van der Waals surface area contributed by atoms with Gasteiger partial charge in [-0.2, -0.15) is 0 Å². The minimum absolute atomic E-state index is 0.207. The van der Waals surface area contributed by atoms with Crippen LogP contribution in [0.25, 0.3) is 0 Å². The fourth-order valence-electron chi connectivity index (χ4n) is 2.97. The first kappa shape index (κ1) is 15.5. The first-order valence-electron chi connectivity index (χ1n) is 7.51. The van der Waals surface area contributed by atoms with Crippen molar-refractivity contribution in [2.45, 2.75) is 72.0 Å². The molecule has 0 bridgehead atoms. The number of carbonyl (C=O) groups excluding carboxylic acids is 1. The fraction of sp³-hybridized carbons (Fsp3) is 0.812. The van der Waals surface area contributed by atoms with Crippen LogP contribution in [0.3, 0.4) is 0 Å². The van der Waals surface area contributed by atoms with E-state index in [9.17, 15) is 4.79 Å². The van der Waals surface area contributed by atoms with E-state index in [4.69, 9.17) is 0 Å². The summed E-state index contributed by atoms with van der Waals surface area (Å²) in [7, 11) is -1.41. The maximum Gasteiger partial charge on any atom is 0.153 e. The van der Waals surface area contributed by atoms with Gasteiger partial charge in [0.15, 0.2) is 5.78 Å². The molecule has 0 spiro atoms. The van der Waals surface area contributed by atoms with Crippen molar-refractivity contribution in [2.75, 3.05) is 0 Å². The van der Waals surface area contributed by atoms with Gasteiger partial charge in [0.1, 0.15) is 8.07 Å². The highest BCUT2D eigenvalue weighted by Gasteiger charge is 2.38. The molecule has 2 atom stereocenters.